The van der Waals surface area contributed by atoms with Crippen LogP contribution in [0.2, 0.25) is 0 Å². The molecule has 0 aliphatic carbocycles. The Morgan fingerprint density at radius 2 is 1.64 bits per heavy atom. The van der Waals surface area contributed by atoms with Crippen LogP contribution in [-0.2, 0) is 16.2 Å². The zero-order valence-electron chi connectivity index (χ0n) is 19.1. The molecule has 10 heteroatoms. The number of ether oxygens (including phenoxy) is 2. The molecule has 1 saturated heterocycles. The van der Waals surface area contributed by atoms with Crippen molar-refractivity contribution < 1.29 is 23.9 Å². The van der Waals surface area contributed by atoms with Crippen LogP contribution in [0, 0.1) is 6.92 Å². The molecule has 1 fully saturated rings. The fourth-order valence-corrected chi connectivity index (χ4v) is 5.24. The van der Waals surface area contributed by atoms with Crippen molar-refractivity contribution in [2.45, 2.75) is 13.5 Å². The maximum atomic E-state index is 13.2. The fourth-order valence-electron chi connectivity index (χ4n) is 3.60. The highest BCUT2D eigenvalue weighted by atomic mass is 79.9. The minimum Gasteiger partial charge on any atom is -0.493 e. The highest BCUT2D eigenvalue weighted by Crippen LogP contribution is 2.32. The fraction of sp³-hybridized carbons (Fsp3) is 0.115. The first-order valence-electron chi connectivity index (χ1n) is 10.6. The van der Waals surface area contributed by atoms with E-state index in [9.17, 15) is 14.4 Å². The summed E-state index contributed by atoms with van der Waals surface area (Å²) in [7, 11) is 1.50. The summed E-state index contributed by atoms with van der Waals surface area (Å²) >= 11 is 10.3. The zero-order valence-corrected chi connectivity index (χ0v) is 23.9. The number of amides is 4. The molecule has 4 rings (SSSR count). The normalized spacial score (nSPS) is 14.8. The van der Waals surface area contributed by atoms with Crippen LogP contribution >= 0.6 is 47.8 Å². The molecular weight excluding hydrogens is 660 g/mol. The molecule has 0 saturated carbocycles. The van der Waals surface area contributed by atoms with Gasteiger partial charge >= 0.3 is 6.03 Å². The number of barbiturate groups is 1. The summed E-state index contributed by atoms with van der Waals surface area (Å²) in [6, 6.07) is 15.2. The van der Waals surface area contributed by atoms with Crippen LogP contribution < -0.4 is 19.7 Å². The Balaban J connectivity index is 1.61. The second-order valence-electron chi connectivity index (χ2n) is 7.82. The van der Waals surface area contributed by atoms with E-state index >= 15 is 0 Å². The van der Waals surface area contributed by atoms with Crippen molar-refractivity contribution in [1.82, 2.24) is 5.32 Å². The Hall–Kier alpha value is -2.95. The molecule has 0 radical (unpaired) electrons. The number of methoxy groups -OCH3 is 1. The Labute approximate surface area is 232 Å². The number of nitrogens with one attached hydrogen (secondary N) is 1. The summed E-state index contributed by atoms with van der Waals surface area (Å²) in [5, 5.41) is 2.24. The molecule has 0 unspecified atom stereocenters. The van der Waals surface area contributed by atoms with Crippen molar-refractivity contribution in [3.63, 3.8) is 0 Å². The summed E-state index contributed by atoms with van der Waals surface area (Å²) in [6.07, 6.45) is 1.42. The van der Waals surface area contributed by atoms with E-state index in [-0.39, 0.29) is 5.57 Å². The molecule has 0 aromatic heterocycles. The molecule has 0 atom stereocenters. The second kappa shape index (κ2) is 11.0. The Bertz CT molecular complexity index is 1420. The monoisotopic (exact) mass is 676 g/mol. The first-order valence-corrected chi connectivity index (χ1v) is 13.0. The van der Waals surface area contributed by atoms with Gasteiger partial charge in [0.2, 0.25) is 0 Å². The lowest BCUT2D eigenvalue weighted by molar-refractivity contribution is -0.122. The van der Waals surface area contributed by atoms with Crippen molar-refractivity contribution >= 4 is 77.4 Å². The average molecular weight is 679 g/mol. The highest BCUT2D eigenvalue weighted by Gasteiger charge is 2.37. The van der Waals surface area contributed by atoms with Gasteiger partial charge in [-0.1, -0.05) is 59.9 Å². The van der Waals surface area contributed by atoms with Crippen LogP contribution in [0.25, 0.3) is 6.08 Å². The van der Waals surface area contributed by atoms with Gasteiger partial charge in [0, 0.05) is 19.0 Å². The summed E-state index contributed by atoms with van der Waals surface area (Å²) in [5.74, 6) is -0.557. The van der Waals surface area contributed by atoms with E-state index in [1.807, 2.05) is 18.2 Å². The topological polar surface area (TPSA) is 84.9 Å². The number of carbonyl (C=O) groups is 3. The number of halogens is 3. The van der Waals surface area contributed by atoms with Crippen LogP contribution in [0.3, 0.4) is 0 Å². The van der Waals surface area contributed by atoms with Gasteiger partial charge < -0.3 is 9.47 Å². The van der Waals surface area contributed by atoms with Crippen molar-refractivity contribution in [1.29, 1.82) is 0 Å². The lowest BCUT2D eigenvalue weighted by Crippen LogP contribution is -2.54. The summed E-state index contributed by atoms with van der Waals surface area (Å²) in [6.45, 7) is 2.08. The molecule has 1 N–H and O–H groups in total. The smallest absolute Gasteiger partial charge is 0.335 e. The van der Waals surface area contributed by atoms with E-state index in [4.69, 9.17) is 9.47 Å². The van der Waals surface area contributed by atoms with E-state index in [1.165, 1.54) is 13.2 Å². The molecule has 184 valence electrons. The number of anilines is 1. The maximum absolute atomic E-state index is 13.2. The van der Waals surface area contributed by atoms with Crippen molar-refractivity contribution in [3.8, 4) is 11.5 Å². The van der Waals surface area contributed by atoms with Gasteiger partial charge in [-0.2, -0.15) is 0 Å². The van der Waals surface area contributed by atoms with E-state index < -0.39 is 17.8 Å². The SMILES string of the molecule is COc1cc(/C=C2\C(=O)NC(=O)N(c3ccc(Br)cc3C)C2=O)ccc1OCc1ccc(Br)cc1Br. The number of hydrogen-bond acceptors (Lipinski definition) is 5. The van der Waals surface area contributed by atoms with Crippen LogP contribution in [0.4, 0.5) is 10.5 Å². The Kier molecular flexibility index (Phi) is 7.97. The number of aryl methyl sites for hydroxylation is 1. The number of urea groups is 1. The van der Waals surface area contributed by atoms with Gasteiger partial charge in [0.05, 0.1) is 12.8 Å². The molecule has 3 aromatic rings. The molecule has 7 nitrogen and oxygen atoms in total. The zero-order chi connectivity index (χ0) is 26.0. The van der Waals surface area contributed by atoms with Gasteiger partial charge in [0.15, 0.2) is 11.5 Å². The van der Waals surface area contributed by atoms with Crippen molar-refractivity contribution in [3.05, 3.63) is 90.3 Å². The quantitative estimate of drug-likeness (QED) is 0.237. The number of benzene rings is 3. The standard InChI is InChI=1S/C26H19Br3N2O5/c1-14-9-17(27)6-7-21(14)31-25(33)19(24(32)30-26(31)34)10-15-3-8-22(23(11-15)35-2)36-13-16-4-5-18(28)12-20(16)29/h3-12H,13H2,1-2H3,(H,30,32,34)/b19-10+. The molecule has 1 heterocycles. The van der Waals surface area contributed by atoms with E-state index in [0.29, 0.717) is 34.9 Å². The summed E-state index contributed by atoms with van der Waals surface area (Å²) in [5.41, 5.74) is 2.39. The molecule has 1 aliphatic rings. The Morgan fingerprint density at radius 3 is 2.33 bits per heavy atom. The van der Waals surface area contributed by atoms with Gasteiger partial charge in [0.25, 0.3) is 11.8 Å². The van der Waals surface area contributed by atoms with Crippen molar-refractivity contribution in [2.75, 3.05) is 12.0 Å². The molecule has 36 heavy (non-hydrogen) atoms. The summed E-state index contributed by atoms with van der Waals surface area (Å²) in [4.78, 5) is 39.3. The highest BCUT2D eigenvalue weighted by molar-refractivity contribution is 9.11. The summed E-state index contributed by atoms with van der Waals surface area (Å²) < 4.78 is 14.1. The minimum absolute atomic E-state index is 0.175. The van der Waals surface area contributed by atoms with Gasteiger partial charge in [-0.25, -0.2) is 9.69 Å². The predicted molar refractivity (Wildman–Crippen MR) is 147 cm³/mol. The van der Waals surface area contributed by atoms with E-state index in [0.717, 1.165) is 23.9 Å². The largest absolute Gasteiger partial charge is 0.493 e. The first-order chi connectivity index (χ1) is 17.2. The average Bonchev–Trinajstić information content (AvgIpc) is 2.82. The minimum atomic E-state index is -0.798. The molecule has 4 amide bonds. The molecular formula is C26H19Br3N2O5. The van der Waals surface area contributed by atoms with E-state index in [2.05, 4.69) is 53.1 Å². The lowest BCUT2D eigenvalue weighted by atomic mass is 10.1. The molecule has 3 aromatic carbocycles. The van der Waals surface area contributed by atoms with Crippen LogP contribution in [0.1, 0.15) is 16.7 Å². The van der Waals surface area contributed by atoms with Gasteiger partial charge in [0.1, 0.15) is 12.2 Å². The second-order valence-corrected chi connectivity index (χ2v) is 10.5. The lowest BCUT2D eigenvalue weighted by Gasteiger charge is -2.27. The van der Waals surface area contributed by atoms with E-state index in [1.54, 1.807) is 43.3 Å². The molecule has 1 aliphatic heterocycles. The molecule has 0 spiro atoms. The van der Waals surface area contributed by atoms with Crippen LogP contribution in [-0.4, -0.2) is 25.0 Å². The first kappa shape index (κ1) is 26.1. The van der Waals surface area contributed by atoms with Gasteiger partial charge in [-0.15, -0.1) is 0 Å². The Morgan fingerprint density at radius 1 is 0.917 bits per heavy atom. The van der Waals surface area contributed by atoms with Gasteiger partial charge in [-0.3, -0.25) is 14.9 Å². The number of hydrogen-bond donors (Lipinski definition) is 1. The van der Waals surface area contributed by atoms with Crippen molar-refractivity contribution in [2.24, 2.45) is 0 Å². The van der Waals surface area contributed by atoms with Crippen LogP contribution in [0.15, 0.2) is 73.6 Å². The maximum Gasteiger partial charge on any atom is 0.335 e. The predicted octanol–water partition coefficient (Wildman–Crippen LogP) is 6.54. The third kappa shape index (κ3) is 5.55. The molecule has 0 bridgehead atoms. The van der Waals surface area contributed by atoms with Gasteiger partial charge in [-0.05, 0) is 66.6 Å². The number of carbonyl (C=O) groups excluding carboxylic acids is 3. The third-order valence-electron chi connectivity index (χ3n) is 5.40. The number of rotatable bonds is 6. The third-order valence-corrected chi connectivity index (χ3v) is 7.12. The number of imide groups is 2. The van der Waals surface area contributed by atoms with Crippen LogP contribution in [0.5, 0.6) is 11.5 Å². The number of nitrogens with zero attached hydrogens (tertiary/aromatic N) is 1.